The first-order valence-corrected chi connectivity index (χ1v) is 8.69. The number of hydrogen-bond acceptors (Lipinski definition) is 2. The van der Waals surface area contributed by atoms with Crippen LogP contribution in [0.3, 0.4) is 0 Å². The standard InChI is InChI=1S/C19H16BrF2N3O/c1-11-18(20)12(2)25(24-11)10-13-3-5-14(6-4-13)19(26)23-17-8-7-15(21)9-16(17)22/h3-9H,10H2,1-2H3,(H,23,26). The Kier molecular flexibility index (Phi) is 5.18. The second kappa shape index (κ2) is 7.37. The third-order valence-electron chi connectivity index (χ3n) is 4.02. The first-order valence-electron chi connectivity index (χ1n) is 7.90. The lowest BCUT2D eigenvalue weighted by molar-refractivity contribution is 0.102. The summed E-state index contributed by atoms with van der Waals surface area (Å²) in [6.45, 7) is 4.48. The number of anilines is 1. The van der Waals surface area contributed by atoms with Crippen LogP contribution in [0.2, 0.25) is 0 Å². The third-order valence-corrected chi connectivity index (χ3v) is 5.17. The van der Waals surface area contributed by atoms with Crippen LogP contribution in [0.4, 0.5) is 14.5 Å². The minimum absolute atomic E-state index is 0.0621. The van der Waals surface area contributed by atoms with Crippen LogP contribution in [-0.2, 0) is 6.54 Å². The van der Waals surface area contributed by atoms with E-state index in [4.69, 9.17) is 0 Å². The normalized spacial score (nSPS) is 10.8. The van der Waals surface area contributed by atoms with E-state index in [-0.39, 0.29) is 5.69 Å². The Balaban J connectivity index is 1.72. The fourth-order valence-corrected chi connectivity index (χ4v) is 2.83. The molecule has 0 aliphatic heterocycles. The monoisotopic (exact) mass is 419 g/mol. The van der Waals surface area contributed by atoms with Crippen LogP contribution in [-0.4, -0.2) is 15.7 Å². The summed E-state index contributed by atoms with van der Waals surface area (Å²) < 4.78 is 29.4. The number of carbonyl (C=O) groups is 1. The van der Waals surface area contributed by atoms with Gasteiger partial charge in [-0.25, -0.2) is 8.78 Å². The zero-order chi connectivity index (χ0) is 18.8. The van der Waals surface area contributed by atoms with Crippen molar-refractivity contribution in [1.29, 1.82) is 0 Å². The molecule has 3 rings (SSSR count). The second-order valence-corrected chi connectivity index (χ2v) is 6.71. The van der Waals surface area contributed by atoms with Gasteiger partial charge >= 0.3 is 0 Å². The maximum atomic E-state index is 13.6. The molecule has 0 unspecified atom stereocenters. The summed E-state index contributed by atoms with van der Waals surface area (Å²) in [4.78, 5) is 12.2. The molecule has 0 aliphatic carbocycles. The number of rotatable bonds is 4. The molecule has 1 amide bonds. The molecule has 1 heterocycles. The highest BCUT2D eigenvalue weighted by Crippen LogP contribution is 2.21. The first-order chi connectivity index (χ1) is 12.3. The van der Waals surface area contributed by atoms with Gasteiger partial charge in [-0.15, -0.1) is 0 Å². The number of aromatic nitrogens is 2. The van der Waals surface area contributed by atoms with Crippen molar-refractivity contribution < 1.29 is 13.6 Å². The summed E-state index contributed by atoms with van der Waals surface area (Å²) in [7, 11) is 0. The molecule has 2 aromatic carbocycles. The Morgan fingerprint density at radius 1 is 1.15 bits per heavy atom. The smallest absolute Gasteiger partial charge is 0.255 e. The first kappa shape index (κ1) is 18.3. The van der Waals surface area contributed by atoms with Gasteiger partial charge in [0.25, 0.3) is 5.91 Å². The summed E-state index contributed by atoms with van der Waals surface area (Å²) >= 11 is 3.50. The van der Waals surface area contributed by atoms with E-state index in [2.05, 4.69) is 26.3 Å². The predicted octanol–water partition coefficient (Wildman–Crippen LogP) is 4.84. The average molecular weight is 420 g/mol. The maximum Gasteiger partial charge on any atom is 0.255 e. The van der Waals surface area contributed by atoms with E-state index >= 15 is 0 Å². The Bertz CT molecular complexity index is 968. The van der Waals surface area contributed by atoms with Crippen LogP contribution in [0.1, 0.15) is 27.3 Å². The molecule has 134 valence electrons. The van der Waals surface area contributed by atoms with E-state index in [0.29, 0.717) is 12.1 Å². The lowest BCUT2D eigenvalue weighted by Gasteiger charge is -2.08. The molecular formula is C19H16BrF2N3O. The number of amides is 1. The topological polar surface area (TPSA) is 46.9 Å². The zero-order valence-electron chi connectivity index (χ0n) is 14.2. The quantitative estimate of drug-likeness (QED) is 0.657. The van der Waals surface area contributed by atoms with Crippen molar-refractivity contribution >= 4 is 27.5 Å². The Labute approximate surface area is 158 Å². The minimum Gasteiger partial charge on any atom is -0.319 e. The SMILES string of the molecule is Cc1nn(Cc2ccc(C(=O)Nc3ccc(F)cc3F)cc2)c(C)c1Br. The molecule has 1 N–H and O–H groups in total. The van der Waals surface area contributed by atoms with E-state index < -0.39 is 17.5 Å². The average Bonchev–Trinajstić information content (AvgIpc) is 2.85. The number of halogens is 3. The summed E-state index contributed by atoms with van der Waals surface area (Å²) in [5.74, 6) is -1.97. The van der Waals surface area contributed by atoms with Crippen molar-refractivity contribution in [1.82, 2.24) is 9.78 Å². The van der Waals surface area contributed by atoms with E-state index in [1.54, 1.807) is 12.1 Å². The number of aryl methyl sites for hydroxylation is 1. The van der Waals surface area contributed by atoms with Crippen LogP contribution in [0.25, 0.3) is 0 Å². The summed E-state index contributed by atoms with van der Waals surface area (Å²) in [5, 5.41) is 6.89. The highest BCUT2D eigenvalue weighted by Gasteiger charge is 2.12. The van der Waals surface area contributed by atoms with Crippen molar-refractivity contribution in [3.8, 4) is 0 Å². The Morgan fingerprint density at radius 3 is 2.42 bits per heavy atom. The molecule has 3 aromatic rings. The summed E-state index contributed by atoms with van der Waals surface area (Å²) in [5.41, 5.74) is 3.24. The van der Waals surface area contributed by atoms with Crippen molar-refractivity contribution in [3.63, 3.8) is 0 Å². The Hall–Kier alpha value is -2.54. The molecule has 26 heavy (non-hydrogen) atoms. The van der Waals surface area contributed by atoms with Gasteiger partial charge in [-0.2, -0.15) is 5.10 Å². The van der Waals surface area contributed by atoms with Crippen molar-refractivity contribution in [2.24, 2.45) is 0 Å². The zero-order valence-corrected chi connectivity index (χ0v) is 15.8. The molecule has 0 saturated heterocycles. The maximum absolute atomic E-state index is 13.6. The van der Waals surface area contributed by atoms with Gasteiger partial charge in [0.1, 0.15) is 11.6 Å². The molecular weight excluding hydrogens is 404 g/mol. The number of benzene rings is 2. The van der Waals surface area contributed by atoms with Gasteiger partial charge in [-0.05, 0) is 59.6 Å². The van der Waals surface area contributed by atoms with E-state index in [9.17, 15) is 13.6 Å². The summed E-state index contributed by atoms with van der Waals surface area (Å²) in [6, 6.07) is 9.97. The van der Waals surface area contributed by atoms with Gasteiger partial charge in [-0.1, -0.05) is 12.1 Å². The van der Waals surface area contributed by atoms with Crippen LogP contribution in [0.15, 0.2) is 46.9 Å². The minimum atomic E-state index is -0.815. The van der Waals surface area contributed by atoms with Gasteiger partial charge in [0.15, 0.2) is 0 Å². The van der Waals surface area contributed by atoms with Gasteiger partial charge < -0.3 is 5.32 Å². The molecule has 0 aliphatic rings. The lowest BCUT2D eigenvalue weighted by Crippen LogP contribution is -2.13. The van der Waals surface area contributed by atoms with Crippen molar-refractivity contribution in [2.45, 2.75) is 20.4 Å². The third kappa shape index (κ3) is 3.83. The molecule has 4 nitrogen and oxygen atoms in total. The van der Waals surface area contributed by atoms with Crippen LogP contribution < -0.4 is 5.32 Å². The molecule has 7 heteroatoms. The fraction of sp³-hybridized carbons (Fsp3) is 0.158. The predicted molar refractivity (Wildman–Crippen MR) is 99.3 cm³/mol. The van der Waals surface area contributed by atoms with Crippen molar-refractivity contribution in [3.05, 3.63) is 81.1 Å². The summed E-state index contributed by atoms with van der Waals surface area (Å²) in [6.07, 6.45) is 0. The van der Waals surface area contributed by atoms with Gasteiger partial charge in [-0.3, -0.25) is 9.48 Å². The fourth-order valence-electron chi connectivity index (χ4n) is 2.55. The largest absolute Gasteiger partial charge is 0.319 e. The molecule has 0 radical (unpaired) electrons. The highest BCUT2D eigenvalue weighted by molar-refractivity contribution is 9.10. The number of carbonyl (C=O) groups excluding carboxylic acids is 1. The molecule has 0 bridgehead atoms. The van der Waals surface area contributed by atoms with Gasteiger partial charge in [0.2, 0.25) is 0 Å². The molecule has 0 spiro atoms. The van der Waals surface area contributed by atoms with E-state index in [1.807, 2.05) is 30.7 Å². The van der Waals surface area contributed by atoms with Gasteiger partial charge in [0, 0.05) is 11.6 Å². The highest BCUT2D eigenvalue weighted by atomic mass is 79.9. The van der Waals surface area contributed by atoms with E-state index in [1.165, 1.54) is 6.07 Å². The lowest BCUT2D eigenvalue weighted by atomic mass is 10.1. The number of nitrogens with zero attached hydrogens (tertiary/aromatic N) is 2. The molecule has 0 fully saturated rings. The second-order valence-electron chi connectivity index (χ2n) is 5.92. The molecule has 1 aromatic heterocycles. The van der Waals surface area contributed by atoms with Crippen LogP contribution in [0.5, 0.6) is 0 Å². The van der Waals surface area contributed by atoms with E-state index in [0.717, 1.165) is 33.6 Å². The van der Waals surface area contributed by atoms with Gasteiger partial charge in [0.05, 0.1) is 28.1 Å². The number of nitrogens with one attached hydrogen (secondary N) is 1. The molecule has 0 atom stereocenters. The van der Waals surface area contributed by atoms with Crippen molar-refractivity contribution in [2.75, 3.05) is 5.32 Å². The van der Waals surface area contributed by atoms with Crippen LogP contribution in [0, 0.1) is 25.5 Å². The molecule has 0 saturated carbocycles. The van der Waals surface area contributed by atoms with Crippen LogP contribution >= 0.6 is 15.9 Å². The number of hydrogen-bond donors (Lipinski definition) is 1. The Morgan fingerprint density at radius 2 is 1.85 bits per heavy atom.